The predicted octanol–water partition coefficient (Wildman–Crippen LogP) is 2.89. The Labute approximate surface area is 123 Å². The molecule has 0 radical (unpaired) electrons. The van der Waals surface area contributed by atoms with E-state index in [1.54, 1.807) is 14.0 Å². The molecule has 1 aliphatic heterocycles. The zero-order valence-corrected chi connectivity index (χ0v) is 12.4. The van der Waals surface area contributed by atoms with Gasteiger partial charge in [-0.1, -0.05) is 0 Å². The Morgan fingerprint density at radius 2 is 2.05 bits per heavy atom. The molecule has 1 aliphatic rings. The van der Waals surface area contributed by atoms with Gasteiger partial charge in [0.1, 0.15) is 11.6 Å². The number of carbonyl (C=O) groups excluding carboxylic acids is 1. The Balaban J connectivity index is 2.00. The molecule has 1 heterocycles. The van der Waals surface area contributed by atoms with Crippen LogP contribution in [0.4, 0.5) is 8.78 Å². The van der Waals surface area contributed by atoms with Gasteiger partial charge >= 0.3 is 0 Å². The highest BCUT2D eigenvalue weighted by molar-refractivity contribution is 6.00. The largest absolute Gasteiger partial charge is 0.384 e. The van der Waals surface area contributed by atoms with Crippen LogP contribution in [0, 0.1) is 17.6 Å². The lowest BCUT2D eigenvalue weighted by Gasteiger charge is -2.35. The number of likely N-dealkylation sites (tertiary alicyclic amines) is 1. The highest BCUT2D eigenvalue weighted by atomic mass is 19.1. The molecule has 3 nitrogen and oxygen atoms in total. The van der Waals surface area contributed by atoms with Gasteiger partial charge in [-0.3, -0.25) is 9.69 Å². The third kappa shape index (κ3) is 3.86. The second kappa shape index (κ2) is 7.09. The molecule has 116 valence electrons. The fourth-order valence-corrected chi connectivity index (χ4v) is 2.82. The molecule has 1 unspecified atom stereocenters. The second-order valence-electron chi connectivity index (χ2n) is 5.60. The molecule has 0 bridgehead atoms. The average molecular weight is 297 g/mol. The number of piperidine rings is 1. The maximum absolute atomic E-state index is 13.7. The van der Waals surface area contributed by atoms with Crippen LogP contribution in [0.15, 0.2) is 18.2 Å². The summed E-state index contributed by atoms with van der Waals surface area (Å²) < 4.78 is 31.8. The first kappa shape index (κ1) is 16.0. The number of carbonyl (C=O) groups is 1. The van der Waals surface area contributed by atoms with Crippen molar-refractivity contribution in [2.75, 3.05) is 26.8 Å². The van der Waals surface area contributed by atoms with Crippen LogP contribution in [-0.4, -0.2) is 43.5 Å². The number of Topliss-reactive ketones (excluding diaryl/α,β-unsaturated/α-hetero) is 1. The molecule has 0 aliphatic carbocycles. The van der Waals surface area contributed by atoms with Crippen LogP contribution in [0.1, 0.15) is 30.1 Å². The minimum Gasteiger partial charge on any atom is -0.384 e. The van der Waals surface area contributed by atoms with Gasteiger partial charge in [-0.25, -0.2) is 8.78 Å². The molecular weight excluding hydrogens is 276 g/mol. The van der Waals surface area contributed by atoms with Crippen molar-refractivity contribution in [3.05, 3.63) is 35.4 Å². The van der Waals surface area contributed by atoms with E-state index in [9.17, 15) is 13.6 Å². The Bertz CT molecular complexity index is 499. The summed E-state index contributed by atoms with van der Waals surface area (Å²) in [6, 6.07) is 2.70. The topological polar surface area (TPSA) is 29.5 Å². The molecule has 0 spiro atoms. The SMILES string of the molecule is COCC1CCN(C(C)C(=O)c2ccc(F)cc2F)CC1. The number of nitrogens with zero attached hydrogens (tertiary/aromatic N) is 1. The normalized spacial score (nSPS) is 18.7. The summed E-state index contributed by atoms with van der Waals surface area (Å²) in [6.45, 7) is 4.11. The Morgan fingerprint density at radius 1 is 1.38 bits per heavy atom. The number of ketones is 1. The summed E-state index contributed by atoms with van der Waals surface area (Å²) in [6.07, 6.45) is 1.94. The lowest BCUT2D eigenvalue weighted by molar-refractivity contribution is 0.0658. The first-order valence-electron chi connectivity index (χ1n) is 7.25. The predicted molar refractivity (Wildman–Crippen MR) is 76.3 cm³/mol. The van der Waals surface area contributed by atoms with Crippen molar-refractivity contribution in [1.82, 2.24) is 4.90 Å². The molecule has 21 heavy (non-hydrogen) atoms. The van der Waals surface area contributed by atoms with Crippen molar-refractivity contribution < 1.29 is 18.3 Å². The van der Waals surface area contributed by atoms with E-state index in [4.69, 9.17) is 4.74 Å². The summed E-state index contributed by atoms with van der Waals surface area (Å²) in [5, 5.41) is 0. The van der Waals surface area contributed by atoms with Gasteiger partial charge in [-0.05, 0) is 50.9 Å². The van der Waals surface area contributed by atoms with Crippen LogP contribution in [0.2, 0.25) is 0 Å². The molecule has 1 aromatic carbocycles. The molecule has 0 aromatic heterocycles. The molecule has 1 aromatic rings. The Morgan fingerprint density at radius 3 is 2.62 bits per heavy atom. The molecule has 1 atom stereocenters. The van der Waals surface area contributed by atoms with Crippen molar-refractivity contribution in [1.29, 1.82) is 0 Å². The van der Waals surface area contributed by atoms with Crippen molar-refractivity contribution in [3.63, 3.8) is 0 Å². The number of halogens is 2. The zero-order chi connectivity index (χ0) is 15.4. The van der Waals surface area contributed by atoms with Crippen LogP contribution < -0.4 is 0 Å². The summed E-state index contributed by atoms with van der Waals surface area (Å²) in [5.41, 5.74) is -0.0390. The van der Waals surface area contributed by atoms with Gasteiger partial charge in [0.05, 0.1) is 11.6 Å². The highest BCUT2D eigenvalue weighted by Gasteiger charge is 2.28. The first-order valence-corrected chi connectivity index (χ1v) is 7.25. The van der Waals surface area contributed by atoms with Crippen LogP contribution in [0.5, 0.6) is 0 Å². The minimum absolute atomic E-state index is 0.0390. The fraction of sp³-hybridized carbons (Fsp3) is 0.562. The van der Waals surface area contributed by atoms with E-state index in [0.717, 1.165) is 44.7 Å². The maximum Gasteiger partial charge on any atom is 0.182 e. The van der Waals surface area contributed by atoms with Crippen molar-refractivity contribution in [2.45, 2.75) is 25.8 Å². The van der Waals surface area contributed by atoms with Gasteiger partial charge < -0.3 is 4.74 Å². The molecule has 0 N–H and O–H groups in total. The van der Waals surface area contributed by atoms with Gasteiger partial charge in [0.2, 0.25) is 0 Å². The third-order valence-corrected chi connectivity index (χ3v) is 4.18. The highest BCUT2D eigenvalue weighted by Crippen LogP contribution is 2.21. The van der Waals surface area contributed by atoms with E-state index in [2.05, 4.69) is 4.90 Å². The first-order chi connectivity index (χ1) is 10.0. The van der Waals surface area contributed by atoms with E-state index in [1.807, 2.05) is 0 Å². The Kier molecular flexibility index (Phi) is 5.42. The van der Waals surface area contributed by atoms with Crippen LogP contribution >= 0.6 is 0 Å². The monoisotopic (exact) mass is 297 g/mol. The zero-order valence-electron chi connectivity index (χ0n) is 12.4. The molecule has 1 fully saturated rings. The van der Waals surface area contributed by atoms with Gasteiger partial charge in [0, 0.05) is 19.8 Å². The molecule has 0 saturated carbocycles. The summed E-state index contributed by atoms with van der Waals surface area (Å²) in [5.74, 6) is -1.23. The van der Waals surface area contributed by atoms with E-state index < -0.39 is 17.7 Å². The quantitative estimate of drug-likeness (QED) is 0.783. The smallest absolute Gasteiger partial charge is 0.182 e. The number of ether oxygens (including phenoxy) is 1. The van der Waals surface area contributed by atoms with E-state index in [1.165, 1.54) is 6.07 Å². The molecule has 1 saturated heterocycles. The third-order valence-electron chi connectivity index (χ3n) is 4.18. The van der Waals surface area contributed by atoms with Crippen LogP contribution in [-0.2, 0) is 4.74 Å². The van der Waals surface area contributed by atoms with Crippen molar-refractivity contribution in [2.24, 2.45) is 5.92 Å². The summed E-state index contributed by atoms with van der Waals surface area (Å²) in [4.78, 5) is 14.4. The van der Waals surface area contributed by atoms with Gasteiger partial charge in [0.25, 0.3) is 0 Å². The number of benzene rings is 1. The second-order valence-corrected chi connectivity index (χ2v) is 5.60. The fourth-order valence-electron chi connectivity index (χ4n) is 2.82. The number of rotatable bonds is 5. The van der Waals surface area contributed by atoms with E-state index in [-0.39, 0.29) is 11.3 Å². The lowest BCUT2D eigenvalue weighted by atomic mass is 9.95. The minimum atomic E-state index is -0.791. The van der Waals surface area contributed by atoms with Gasteiger partial charge in [0.15, 0.2) is 5.78 Å². The molecule has 2 rings (SSSR count). The van der Waals surface area contributed by atoms with Crippen LogP contribution in [0.3, 0.4) is 0 Å². The number of hydrogen-bond acceptors (Lipinski definition) is 3. The number of hydrogen-bond donors (Lipinski definition) is 0. The number of methoxy groups -OCH3 is 1. The standard InChI is InChI=1S/C16H21F2NO2/c1-11(19-7-5-12(6-8-19)10-21-2)16(20)14-4-3-13(17)9-15(14)18/h3-4,9,11-12H,5-8,10H2,1-2H3. The van der Waals surface area contributed by atoms with E-state index in [0.29, 0.717) is 5.92 Å². The lowest BCUT2D eigenvalue weighted by Crippen LogP contribution is -2.44. The van der Waals surface area contributed by atoms with Gasteiger partial charge in [-0.15, -0.1) is 0 Å². The summed E-state index contributed by atoms with van der Waals surface area (Å²) >= 11 is 0. The summed E-state index contributed by atoms with van der Waals surface area (Å²) in [7, 11) is 1.69. The van der Waals surface area contributed by atoms with Crippen molar-refractivity contribution >= 4 is 5.78 Å². The molecular formula is C16H21F2NO2. The Hall–Kier alpha value is -1.33. The van der Waals surface area contributed by atoms with Gasteiger partial charge in [-0.2, -0.15) is 0 Å². The van der Waals surface area contributed by atoms with E-state index >= 15 is 0 Å². The average Bonchev–Trinajstić information content (AvgIpc) is 2.47. The molecule has 5 heteroatoms. The maximum atomic E-state index is 13.7. The van der Waals surface area contributed by atoms with Crippen LogP contribution in [0.25, 0.3) is 0 Å². The van der Waals surface area contributed by atoms with Crippen molar-refractivity contribution in [3.8, 4) is 0 Å². The molecule has 0 amide bonds.